The largest absolute Gasteiger partial charge is 0.466 e. The summed E-state index contributed by atoms with van der Waals surface area (Å²) in [4.78, 5) is 71.4. The highest BCUT2D eigenvalue weighted by molar-refractivity contribution is 5.75. The fraction of sp³-hybridized carbons (Fsp3) is 0.774. The fourth-order valence-corrected chi connectivity index (χ4v) is 1.69. The summed E-state index contributed by atoms with van der Waals surface area (Å²) in [5.74, 6) is -2.55. The fourth-order valence-electron chi connectivity index (χ4n) is 1.69. The summed E-state index contributed by atoms with van der Waals surface area (Å²) in [6.07, 6.45) is 0.480. The number of rotatable bonds is 16. The van der Waals surface area contributed by atoms with Crippen molar-refractivity contribution in [1.29, 1.82) is 0 Å². The van der Waals surface area contributed by atoms with Crippen LogP contribution in [0.4, 0.5) is 0 Å². The van der Waals surface area contributed by atoms with Gasteiger partial charge in [0.15, 0.2) is 20.2 Å². The van der Waals surface area contributed by atoms with Crippen molar-refractivity contribution in [3.63, 3.8) is 0 Å². The van der Waals surface area contributed by atoms with Gasteiger partial charge in [-0.1, -0.05) is 6.92 Å². The van der Waals surface area contributed by atoms with Crippen LogP contribution in [0.25, 0.3) is 0 Å². The molecule has 0 radical (unpaired) electrons. The number of esters is 7. The number of carbonyl (C=O) groups excluding carboxylic acids is 7. The lowest BCUT2D eigenvalue weighted by atomic mass is 10.5. The first-order valence-electron chi connectivity index (χ1n) is 15.3. The molecule has 17 nitrogen and oxygen atoms in total. The van der Waals surface area contributed by atoms with Crippen LogP contribution in [-0.2, 0) is 80.9 Å². The minimum atomic E-state index is -0.516. The molecule has 0 aliphatic carbocycles. The van der Waals surface area contributed by atoms with Crippen molar-refractivity contribution in [2.24, 2.45) is 0 Å². The molecule has 0 heterocycles. The van der Waals surface area contributed by atoms with Gasteiger partial charge in [-0.2, -0.15) is 0 Å². The van der Waals surface area contributed by atoms with Crippen molar-refractivity contribution in [2.75, 3.05) is 73.0 Å². The number of hydrogen-bond acceptors (Lipinski definition) is 17. The molecule has 0 aliphatic heterocycles. The first-order valence-corrected chi connectivity index (χ1v) is 15.3. The average molecular weight is 705 g/mol. The second-order valence-corrected chi connectivity index (χ2v) is 7.60. The molecule has 0 saturated heterocycles. The van der Waals surface area contributed by atoms with Crippen molar-refractivity contribution in [2.45, 2.75) is 89.5 Å². The maximum absolute atomic E-state index is 10.6. The number of hydrogen-bond donors (Lipinski definition) is 0. The van der Waals surface area contributed by atoms with Crippen molar-refractivity contribution < 1.29 is 80.9 Å². The van der Waals surface area contributed by atoms with Gasteiger partial charge in [0.1, 0.15) is 6.61 Å². The first-order chi connectivity index (χ1) is 22.6. The molecule has 0 aromatic rings. The number of carbonyl (C=O) groups is 7. The van der Waals surface area contributed by atoms with E-state index in [0.29, 0.717) is 39.5 Å². The summed E-state index contributed by atoms with van der Waals surface area (Å²) in [5, 5.41) is 0. The van der Waals surface area contributed by atoms with E-state index in [4.69, 9.17) is 9.47 Å². The Hall–Kier alpha value is -3.83. The minimum absolute atomic E-state index is 0.0752. The summed E-state index contributed by atoms with van der Waals surface area (Å²) in [7, 11) is 0. The summed E-state index contributed by atoms with van der Waals surface area (Å²) >= 11 is 0. The third-order valence-corrected chi connectivity index (χ3v) is 3.47. The molecule has 0 spiro atoms. The van der Waals surface area contributed by atoms with Crippen LogP contribution >= 0.6 is 0 Å². The molecule has 0 unspecified atom stereocenters. The molecule has 0 atom stereocenters. The molecule has 0 bridgehead atoms. The van der Waals surface area contributed by atoms with Gasteiger partial charge in [0.05, 0.1) is 26.4 Å². The smallest absolute Gasteiger partial charge is 0.344 e. The van der Waals surface area contributed by atoms with Gasteiger partial charge in [-0.3, -0.25) is 24.0 Å². The Bertz CT molecular complexity index is 783. The molecule has 0 aromatic carbocycles. The van der Waals surface area contributed by atoms with E-state index in [-0.39, 0.29) is 44.7 Å². The SMILES string of the molecule is CCOC(=O)CC.CCOC(=O)COC(C)=O.CCOC(=O)COCOC(C)=O.CCOC(C)=O.CCOCC.CCOCOC(C)=O. The second kappa shape index (κ2) is 50.0. The van der Waals surface area contributed by atoms with E-state index >= 15 is 0 Å². The Morgan fingerprint density at radius 1 is 0.333 bits per heavy atom. The lowest BCUT2D eigenvalue weighted by molar-refractivity contribution is -0.163. The topological polar surface area (TPSA) is 212 Å². The van der Waals surface area contributed by atoms with Gasteiger partial charge in [-0.25, -0.2) is 9.59 Å². The monoisotopic (exact) mass is 704 g/mol. The van der Waals surface area contributed by atoms with E-state index < -0.39 is 23.9 Å². The highest BCUT2D eigenvalue weighted by Crippen LogP contribution is 1.84. The normalized spacial score (nSPS) is 8.58. The molecule has 0 rings (SSSR count). The molecule has 48 heavy (non-hydrogen) atoms. The van der Waals surface area contributed by atoms with Crippen LogP contribution in [0.5, 0.6) is 0 Å². The van der Waals surface area contributed by atoms with E-state index in [2.05, 4.69) is 37.9 Å². The van der Waals surface area contributed by atoms with E-state index in [9.17, 15) is 33.6 Å². The summed E-state index contributed by atoms with van der Waals surface area (Å²) in [6.45, 7) is 23.0. The van der Waals surface area contributed by atoms with Crippen LogP contribution in [0.3, 0.4) is 0 Å². The van der Waals surface area contributed by atoms with Gasteiger partial charge in [0.2, 0.25) is 0 Å². The van der Waals surface area contributed by atoms with Gasteiger partial charge >= 0.3 is 41.8 Å². The average Bonchev–Trinajstić information content (AvgIpc) is 3.00. The third kappa shape index (κ3) is 84.0. The highest BCUT2D eigenvalue weighted by Gasteiger charge is 2.02. The zero-order valence-electron chi connectivity index (χ0n) is 30.9. The van der Waals surface area contributed by atoms with Crippen molar-refractivity contribution >= 4 is 41.8 Å². The second-order valence-electron chi connectivity index (χ2n) is 7.60. The van der Waals surface area contributed by atoms with Gasteiger partial charge in [-0.05, 0) is 48.5 Å². The summed E-state index contributed by atoms with van der Waals surface area (Å²) in [5.41, 5.74) is 0. The maximum Gasteiger partial charge on any atom is 0.344 e. The van der Waals surface area contributed by atoms with Crippen LogP contribution in [0.2, 0.25) is 0 Å². The standard InChI is InChI=1S/C7H12O5.C6H10O4.C5H10O3.C5H10O2.C4H8O2.C4H10O/c1-3-11-7(9)4-10-5-12-6(2)8;1-3-9-6(8)4-10-5(2)7;1-3-7-4-8-5(2)6;1-3-5(6)7-4-2;1-3-6-4(2)5;1-3-5-4-2/h3-5H2,1-2H3;3-4H2,1-2H3;3-4H2,1-2H3;3-4H2,1-2H3;3H2,1-2H3;3-4H2,1-2H3. The molecule has 0 N–H and O–H groups in total. The Balaban J connectivity index is -0.000000113. The van der Waals surface area contributed by atoms with E-state index in [1.165, 1.54) is 27.7 Å². The van der Waals surface area contributed by atoms with Crippen molar-refractivity contribution in [3.05, 3.63) is 0 Å². The molecular formula is C31H60O17. The van der Waals surface area contributed by atoms with Gasteiger partial charge in [0.25, 0.3) is 0 Å². The lowest BCUT2D eigenvalue weighted by Gasteiger charge is -2.03. The maximum atomic E-state index is 10.6. The Kier molecular flexibility index (Phi) is 58.9. The molecule has 286 valence electrons. The van der Waals surface area contributed by atoms with Crippen molar-refractivity contribution in [3.8, 4) is 0 Å². The molecule has 0 aromatic heterocycles. The van der Waals surface area contributed by atoms with Gasteiger partial charge in [-0.15, -0.1) is 0 Å². The first kappa shape index (κ1) is 56.5. The Labute approximate surface area is 285 Å². The summed E-state index contributed by atoms with van der Waals surface area (Å²) in [6, 6.07) is 0. The van der Waals surface area contributed by atoms with Gasteiger partial charge < -0.3 is 47.4 Å². The highest BCUT2D eigenvalue weighted by atomic mass is 16.7. The lowest BCUT2D eigenvalue weighted by Crippen LogP contribution is -2.14. The predicted molar refractivity (Wildman–Crippen MR) is 172 cm³/mol. The number of ether oxygens (including phenoxy) is 10. The zero-order chi connectivity index (χ0) is 38.6. The molecule has 17 heteroatoms. The molecule has 0 aliphatic rings. The van der Waals surface area contributed by atoms with Gasteiger partial charge in [0, 0.05) is 53.9 Å². The van der Waals surface area contributed by atoms with Crippen LogP contribution < -0.4 is 0 Å². The van der Waals surface area contributed by atoms with Crippen molar-refractivity contribution in [1.82, 2.24) is 0 Å². The van der Waals surface area contributed by atoms with Crippen LogP contribution in [0, 0.1) is 0 Å². The van der Waals surface area contributed by atoms with E-state index in [0.717, 1.165) is 13.2 Å². The van der Waals surface area contributed by atoms with Crippen LogP contribution in [0.15, 0.2) is 0 Å². The predicted octanol–water partition coefficient (Wildman–Crippen LogP) is 3.31. The summed E-state index contributed by atoms with van der Waals surface area (Å²) < 4.78 is 45.3. The van der Waals surface area contributed by atoms with Crippen LogP contribution in [-0.4, -0.2) is 115 Å². The zero-order valence-corrected chi connectivity index (χ0v) is 30.9. The molecule has 0 amide bonds. The minimum Gasteiger partial charge on any atom is -0.466 e. The van der Waals surface area contributed by atoms with Crippen LogP contribution in [0.1, 0.15) is 89.5 Å². The molecule has 0 fully saturated rings. The van der Waals surface area contributed by atoms with E-state index in [1.807, 2.05) is 20.8 Å². The Morgan fingerprint density at radius 3 is 0.917 bits per heavy atom. The van der Waals surface area contributed by atoms with E-state index in [1.54, 1.807) is 34.6 Å². The molecular weight excluding hydrogens is 644 g/mol. The third-order valence-electron chi connectivity index (χ3n) is 3.47. The quantitative estimate of drug-likeness (QED) is 0.0975. The molecule has 0 saturated carbocycles. The Morgan fingerprint density at radius 2 is 0.667 bits per heavy atom.